The van der Waals surface area contributed by atoms with Crippen LogP contribution in [0.3, 0.4) is 0 Å². The van der Waals surface area contributed by atoms with Crippen LogP contribution in [-0.2, 0) is 11.2 Å². The number of carboxylic acids is 1. The van der Waals surface area contributed by atoms with E-state index >= 15 is 0 Å². The Morgan fingerprint density at radius 2 is 2.13 bits per heavy atom. The highest BCUT2D eigenvalue weighted by Gasteiger charge is 2.01. The van der Waals surface area contributed by atoms with Crippen LogP contribution in [0.2, 0.25) is 0 Å². The molecule has 0 radical (unpaired) electrons. The molecule has 0 aliphatic heterocycles. The molecule has 15 heavy (non-hydrogen) atoms. The van der Waals surface area contributed by atoms with Crippen LogP contribution in [0.1, 0.15) is 18.5 Å². The van der Waals surface area contributed by atoms with Gasteiger partial charge in [-0.1, -0.05) is 18.2 Å². The van der Waals surface area contributed by atoms with Gasteiger partial charge in [0.1, 0.15) is 0 Å². The number of hydrogen-bond donors (Lipinski definition) is 2. The number of aryl methyl sites for hydroxylation is 1. The van der Waals surface area contributed by atoms with Gasteiger partial charge >= 0.3 is 5.97 Å². The molecule has 2 N–H and O–H groups in total. The van der Waals surface area contributed by atoms with E-state index in [-0.39, 0.29) is 6.42 Å². The fourth-order valence-electron chi connectivity index (χ4n) is 1.70. The van der Waals surface area contributed by atoms with E-state index in [4.69, 9.17) is 5.11 Å². The van der Waals surface area contributed by atoms with Crippen LogP contribution in [0.5, 0.6) is 0 Å². The summed E-state index contributed by atoms with van der Waals surface area (Å²) < 4.78 is 0. The van der Waals surface area contributed by atoms with E-state index in [0.717, 1.165) is 17.6 Å². The molecule has 0 saturated carbocycles. The van der Waals surface area contributed by atoms with E-state index < -0.39 is 5.97 Å². The predicted molar refractivity (Wildman–Crippen MR) is 58.9 cm³/mol. The van der Waals surface area contributed by atoms with Crippen LogP contribution >= 0.6 is 0 Å². The number of H-pyrrole nitrogens is 1. The zero-order valence-electron chi connectivity index (χ0n) is 8.36. The molecule has 78 valence electrons. The fourth-order valence-corrected chi connectivity index (χ4v) is 1.70. The Morgan fingerprint density at radius 1 is 1.33 bits per heavy atom. The molecule has 0 aliphatic rings. The molecule has 2 rings (SSSR count). The molecule has 0 spiro atoms. The van der Waals surface area contributed by atoms with Crippen molar-refractivity contribution in [3.8, 4) is 0 Å². The molecule has 1 aromatic carbocycles. The molecular formula is C12H13NO2. The largest absolute Gasteiger partial charge is 0.481 e. The molecule has 0 unspecified atom stereocenters. The number of aromatic nitrogens is 1. The number of rotatable bonds is 4. The van der Waals surface area contributed by atoms with Crippen molar-refractivity contribution in [1.82, 2.24) is 4.98 Å². The lowest BCUT2D eigenvalue weighted by atomic mass is 10.2. The molecule has 0 aliphatic carbocycles. The summed E-state index contributed by atoms with van der Waals surface area (Å²) in [5.41, 5.74) is 2.22. The molecule has 1 heterocycles. The summed E-state index contributed by atoms with van der Waals surface area (Å²) in [5, 5.41) is 9.70. The first-order valence-corrected chi connectivity index (χ1v) is 5.04. The van der Waals surface area contributed by atoms with Crippen molar-refractivity contribution in [2.24, 2.45) is 0 Å². The molecule has 3 heteroatoms. The van der Waals surface area contributed by atoms with Crippen molar-refractivity contribution in [2.75, 3.05) is 0 Å². The van der Waals surface area contributed by atoms with E-state index in [1.807, 2.05) is 24.3 Å². The Balaban J connectivity index is 2.05. The maximum atomic E-state index is 10.4. The third kappa shape index (κ3) is 2.37. The molecule has 1 aromatic heterocycles. The van der Waals surface area contributed by atoms with Crippen LogP contribution in [0.15, 0.2) is 30.3 Å². The monoisotopic (exact) mass is 203 g/mol. The van der Waals surface area contributed by atoms with Gasteiger partial charge in [0, 0.05) is 17.6 Å². The van der Waals surface area contributed by atoms with Crippen LogP contribution in [0.25, 0.3) is 10.9 Å². The Labute approximate surface area is 87.7 Å². The van der Waals surface area contributed by atoms with Crippen molar-refractivity contribution in [3.63, 3.8) is 0 Å². The van der Waals surface area contributed by atoms with Gasteiger partial charge in [-0.2, -0.15) is 0 Å². The van der Waals surface area contributed by atoms with Crippen LogP contribution in [-0.4, -0.2) is 16.1 Å². The number of benzene rings is 1. The first-order chi connectivity index (χ1) is 7.25. The number of aromatic amines is 1. The van der Waals surface area contributed by atoms with Crippen molar-refractivity contribution in [3.05, 3.63) is 36.0 Å². The summed E-state index contributed by atoms with van der Waals surface area (Å²) in [6.45, 7) is 0. The van der Waals surface area contributed by atoms with Gasteiger partial charge in [0.05, 0.1) is 0 Å². The molecule has 2 aromatic rings. The summed E-state index contributed by atoms with van der Waals surface area (Å²) in [4.78, 5) is 13.6. The topological polar surface area (TPSA) is 53.1 Å². The lowest BCUT2D eigenvalue weighted by molar-refractivity contribution is -0.137. The Bertz CT molecular complexity index is 440. The number of nitrogens with one attached hydrogen (secondary N) is 1. The van der Waals surface area contributed by atoms with E-state index in [2.05, 4.69) is 11.1 Å². The molecule has 0 atom stereocenters. The van der Waals surface area contributed by atoms with E-state index in [9.17, 15) is 4.79 Å². The number of hydrogen-bond acceptors (Lipinski definition) is 1. The van der Waals surface area contributed by atoms with Crippen LogP contribution in [0.4, 0.5) is 0 Å². The lowest BCUT2D eigenvalue weighted by Crippen LogP contribution is -1.95. The summed E-state index contributed by atoms with van der Waals surface area (Å²) in [7, 11) is 0. The zero-order valence-corrected chi connectivity index (χ0v) is 8.36. The first-order valence-electron chi connectivity index (χ1n) is 5.04. The van der Waals surface area contributed by atoms with E-state index in [1.165, 1.54) is 5.39 Å². The number of carbonyl (C=O) groups is 1. The first kappa shape index (κ1) is 9.77. The minimum atomic E-state index is -0.730. The third-order valence-corrected chi connectivity index (χ3v) is 2.42. The SMILES string of the molecule is O=C(O)CCCc1cc2ccccc2[nH]1. The van der Waals surface area contributed by atoms with Crippen molar-refractivity contribution in [2.45, 2.75) is 19.3 Å². The second-order valence-corrected chi connectivity index (χ2v) is 3.63. The Kier molecular flexibility index (Phi) is 2.72. The highest BCUT2D eigenvalue weighted by molar-refractivity contribution is 5.80. The second kappa shape index (κ2) is 4.17. The van der Waals surface area contributed by atoms with Crippen molar-refractivity contribution < 1.29 is 9.90 Å². The van der Waals surface area contributed by atoms with E-state index in [1.54, 1.807) is 0 Å². The Hall–Kier alpha value is -1.77. The van der Waals surface area contributed by atoms with Crippen molar-refractivity contribution >= 4 is 16.9 Å². The average Bonchev–Trinajstić information content (AvgIpc) is 2.59. The molecule has 0 bridgehead atoms. The Morgan fingerprint density at radius 3 is 2.87 bits per heavy atom. The molecule has 0 saturated heterocycles. The summed E-state index contributed by atoms with van der Waals surface area (Å²) in [6.07, 6.45) is 1.71. The van der Waals surface area contributed by atoms with Crippen LogP contribution < -0.4 is 0 Å². The van der Waals surface area contributed by atoms with E-state index in [0.29, 0.717) is 6.42 Å². The molecule has 0 fully saturated rings. The molecule has 0 amide bonds. The highest BCUT2D eigenvalue weighted by atomic mass is 16.4. The van der Waals surface area contributed by atoms with Gasteiger partial charge in [0.25, 0.3) is 0 Å². The number of fused-ring (bicyclic) bond motifs is 1. The standard InChI is InChI=1S/C12H13NO2/c14-12(15)7-3-5-10-8-9-4-1-2-6-11(9)13-10/h1-2,4,6,8,13H,3,5,7H2,(H,14,15). The van der Waals surface area contributed by atoms with Crippen LogP contribution in [0, 0.1) is 0 Å². The van der Waals surface area contributed by atoms with Gasteiger partial charge < -0.3 is 10.1 Å². The maximum Gasteiger partial charge on any atom is 0.303 e. The van der Waals surface area contributed by atoms with Gasteiger partial charge in [-0.25, -0.2) is 0 Å². The lowest BCUT2D eigenvalue weighted by Gasteiger charge is -1.94. The normalized spacial score (nSPS) is 10.7. The second-order valence-electron chi connectivity index (χ2n) is 3.63. The quantitative estimate of drug-likeness (QED) is 0.802. The highest BCUT2D eigenvalue weighted by Crippen LogP contribution is 2.15. The number of para-hydroxylation sites is 1. The summed E-state index contributed by atoms with van der Waals surface area (Å²) in [6, 6.07) is 10.1. The molecule has 3 nitrogen and oxygen atoms in total. The smallest absolute Gasteiger partial charge is 0.303 e. The summed E-state index contributed by atoms with van der Waals surface area (Å²) in [5.74, 6) is -0.730. The zero-order chi connectivity index (χ0) is 10.7. The van der Waals surface area contributed by atoms with Gasteiger partial charge in [0.15, 0.2) is 0 Å². The van der Waals surface area contributed by atoms with Gasteiger partial charge in [-0.05, 0) is 30.4 Å². The average molecular weight is 203 g/mol. The third-order valence-electron chi connectivity index (χ3n) is 2.42. The van der Waals surface area contributed by atoms with Gasteiger partial charge in [-0.3, -0.25) is 4.79 Å². The predicted octanol–water partition coefficient (Wildman–Crippen LogP) is 2.58. The summed E-state index contributed by atoms with van der Waals surface area (Å²) >= 11 is 0. The fraction of sp³-hybridized carbons (Fsp3) is 0.250. The maximum absolute atomic E-state index is 10.4. The van der Waals surface area contributed by atoms with Gasteiger partial charge in [0.2, 0.25) is 0 Å². The minimum absolute atomic E-state index is 0.232. The van der Waals surface area contributed by atoms with Crippen molar-refractivity contribution in [1.29, 1.82) is 0 Å². The van der Waals surface area contributed by atoms with Gasteiger partial charge in [-0.15, -0.1) is 0 Å². The number of carboxylic acid groups (broad SMARTS) is 1. The number of aliphatic carboxylic acids is 1. The minimum Gasteiger partial charge on any atom is -0.481 e. The molecular weight excluding hydrogens is 190 g/mol.